The molecule has 0 aliphatic heterocycles. The molecule has 0 radical (unpaired) electrons. The molecule has 19 rings (SSSR count). The summed E-state index contributed by atoms with van der Waals surface area (Å²) in [5.74, 6) is 0. The number of benzene rings is 13. The summed E-state index contributed by atoms with van der Waals surface area (Å²) in [4.78, 5) is 27.2. The predicted molar refractivity (Wildman–Crippen MR) is 349 cm³/mol. The average molecular weight is 1180 g/mol. The van der Waals surface area contributed by atoms with Crippen LogP contribution in [0.25, 0.3) is 175 Å². The fourth-order valence-electron chi connectivity index (χ4n) is 12.5. The van der Waals surface area contributed by atoms with Gasteiger partial charge in [0.1, 0.15) is 37.9 Å². The van der Waals surface area contributed by atoms with Crippen LogP contribution in [0.1, 0.15) is 0 Å². The lowest BCUT2D eigenvalue weighted by Crippen LogP contribution is -1.86. The maximum absolute atomic E-state index is 6.16. The first-order valence-corrected chi connectivity index (χ1v) is 28.7. The zero-order chi connectivity index (χ0) is 55.7. The van der Waals surface area contributed by atoms with Gasteiger partial charge in [0, 0.05) is 10.6 Å². The Bertz CT molecular complexity index is 5790. The summed E-state index contributed by atoms with van der Waals surface area (Å²) in [6.07, 6.45) is 5.06. The van der Waals surface area contributed by atoms with Crippen LogP contribution in [0.15, 0.2) is 243 Å². The predicted octanol–water partition coefficient (Wildman–Crippen LogP) is 21.2. The van der Waals surface area contributed by atoms with Crippen molar-refractivity contribution in [2.45, 2.75) is 0 Å². The van der Waals surface area contributed by atoms with Gasteiger partial charge in [-0.2, -0.15) is 4.98 Å². The van der Waals surface area contributed by atoms with E-state index in [2.05, 4.69) is 200 Å². The Kier molecular flexibility index (Phi) is 11.0. The molecule has 0 bridgehead atoms. The number of aromatic nitrogens is 6. The lowest BCUT2D eigenvalue weighted by Gasteiger charge is -2.08. The van der Waals surface area contributed by atoms with Crippen molar-refractivity contribution in [1.82, 2.24) is 29.9 Å². The summed E-state index contributed by atoms with van der Waals surface area (Å²) in [7, 11) is 0. The second-order valence-corrected chi connectivity index (χ2v) is 22.5. The number of halogens is 3. The molecule has 6 heterocycles. The quantitative estimate of drug-likeness (QED) is 0.148. The maximum Gasteiger partial charge on any atom is 0.247 e. The highest BCUT2D eigenvalue weighted by Crippen LogP contribution is 2.42. The van der Waals surface area contributed by atoms with Gasteiger partial charge < -0.3 is 13.3 Å². The van der Waals surface area contributed by atoms with Crippen LogP contribution in [0.3, 0.4) is 0 Å². The van der Waals surface area contributed by atoms with Gasteiger partial charge in [0.15, 0.2) is 5.15 Å². The van der Waals surface area contributed by atoms with E-state index in [0.29, 0.717) is 31.9 Å². The Labute approximate surface area is 493 Å². The van der Waals surface area contributed by atoms with Gasteiger partial charge in [0.2, 0.25) is 17.1 Å². The molecule has 12 heteroatoms. The van der Waals surface area contributed by atoms with Gasteiger partial charge in [-0.25, -0.2) is 24.9 Å². The minimum Gasteiger partial charge on any atom is -0.436 e. The summed E-state index contributed by atoms with van der Waals surface area (Å²) in [6, 6.07) is 71.7. The van der Waals surface area contributed by atoms with Crippen molar-refractivity contribution >= 4 is 203 Å². The van der Waals surface area contributed by atoms with Gasteiger partial charge in [0.05, 0.1) is 40.4 Å². The molecule has 6 aromatic heterocycles. The van der Waals surface area contributed by atoms with Gasteiger partial charge in [-0.15, -0.1) is 0 Å². The molecule has 0 saturated carbocycles. The third kappa shape index (κ3) is 7.68. The second kappa shape index (κ2) is 19.0. The van der Waals surface area contributed by atoms with Crippen molar-refractivity contribution in [2.75, 3.05) is 0 Å². The van der Waals surface area contributed by atoms with E-state index >= 15 is 0 Å². The van der Waals surface area contributed by atoms with Crippen LogP contribution in [0.4, 0.5) is 0 Å². The number of furan rings is 3. The molecule has 84 heavy (non-hydrogen) atoms. The molecule has 0 amide bonds. The van der Waals surface area contributed by atoms with Crippen molar-refractivity contribution in [1.29, 1.82) is 0 Å². The Balaban J connectivity index is 0.0000001000. The molecule has 0 aliphatic carbocycles. The number of hydrogen-bond donors (Lipinski definition) is 0. The van der Waals surface area contributed by atoms with E-state index in [1.165, 1.54) is 80.8 Å². The van der Waals surface area contributed by atoms with Crippen LogP contribution >= 0.6 is 39.1 Å². The van der Waals surface area contributed by atoms with Crippen molar-refractivity contribution in [3.8, 4) is 11.3 Å². The van der Waals surface area contributed by atoms with Gasteiger partial charge in [-0.1, -0.05) is 199 Å². The molecule has 0 unspecified atom stereocenters. The smallest absolute Gasteiger partial charge is 0.247 e. The van der Waals surface area contributed by atoms with Gasteiger partial charge in [-0.3, -0.25) is 0 Å². The first kappa shape index (κ1) is 48.6. The normalized spacial score (nSPS) is 12.0. The molecule has 0 N–H and O–H groups in total. The van der Waals surface area contributed by atoms with E-state index in [1.807, 2.05) is 42.5 Å². The minimum atomic E-state index is 0.331. The van der Waals surface area contributed by atoms with Crippen LogP contribution in [-0.4, -0.2) is 29.9 Å². The van der Waals surface area contributed by atoms with E-state index in [1.54, 1.807) is 18.6 Å². The van der Waals surface area contributed by atoms with Gasteiger partial charge >= 0.3 is 0 Å². The number of hydrogen-bond acceptors (Lipinski definition) is 9. The molecule has 9 nitrogen and oxygen atoms in total. The zero-order valence-electron chi connectivity index (χ0n) is 43.9. The molecule has 0 fully saturated rings. The van der Waals surface area contributed by atoms with E-state index in [-0.39, 0.29) is 0 Å². The molecular weight excluding hydrogens is 1150 g/mol. The van der Waals surface area contributed by atoms with Crippen LogP contribution in [-0.2, 0) is 0 Å². The van der Waals surface area contributed by atoms with Crippen molar-refractivity contribution in [3.05, 3.63) is 240 Å². The Morgan fingerprint density at radius 1 is 0.310 bits per heavy atom. The average Bonchev–Trinajstić information content (AvgIpc) is 2.31. The molecule has 0 atom stereocenters. The highest BCUT2D eigenvalue weighted by molar-refractivity contribution is 9.10. The molecule has 0 aliphatic rings. The molecule has 394 valence electrons. The van der Waals surface area contributed by atoms with Crippen LogP contribution < -0.4 is 0 Å². The summed E-state index contributed by atoms with van der Waals surface area (Å²) in [6.45, 7) is 0. The fraction of sp³-hybridized carbons (Fsp3) is 0. The highest BCUT2D eigenvalue weighted by Gasteiger charge is 2.19. The SMILES string of the molecule is Brc1cnc2c(n1)oc1ccc3c4ccc5ccccc5c4ccc3c12.Clc1cccc(-c2cnc3c(n2)oc2ccc4c5ccc6ccccc6c5ccc4c23)c1.Clc1cnc2c(n1)oc1ccc3c4ccc5ccccc5c4ccc3c12. The highest BCUT2D eigenvalue weighted by atomic mass is 79.9. The molecule has 13 aromatic carbocycles. The van der Waals surface area contributed by atoms with E-state index in [9.17, 15) is 0 Å². The zero-order valence-corrected chi connectivity index (χ0v) is 47.0. The van der Waals surface area contributed by atoms with E-state index in [0.717, 1.165) is 76.9 Å². The second-order valence-electron chi connectivity index (χ2n) is 20.9. The first-order chi connectivity index (χ1) is 41.3. The molecule has 19 aromatic rings. The van der Waals surface area contributed by atoms with Crippen molar-refractivity contribution < 1.29 is 13.3 Å². The molecule has 0 spiro atoms. The topological polar surface area (TPSA) is 117 Å². The summed E-state index contributed by atoms with van der Waals surface area (Å²) >= 11 is 15.5. The van der Waals surface area contributed by atoms with Crippen molar-refractivity contribution in [2.24, 2.45) is 0 Å². The van der Waals surface area contributed by atoms with Gasteiger partial charge in [-0.05, 0) is 143 Å². The van der Waals surface area contributed by atoms with E-state index < -0.39 is 0 Å². The van der Waals surface area contributed by atoms with Crippen LogP contribution in [0, 0.1) is 0 Å². The van der Waals surface area contributed by atoms with Crippen LogP contribution in [0.2, 0.25) is 10.2 Å². The minimum absolute atomic E-state index is 0.331. The first-order valence-electron chi connectivity index (χ1n) is 27.2. The summed E-state index contributed by atoms with van der Waals surface area (Å²) in [5.41, 5.74) is 7.90. The Morgan fingerprint density at radius 2 is 0.679 bits per heavy atom. The largest absolute Gasteiger partial charge is 0.436 e. The lowest BCUT2D eigenvalue weighted by atomic mass is 9.96. The Hall–Kier alpha value is -10.1. The maximum atomic E-state index is 6.16. The van der Waals surface area contributed by atoms with Crippen LogP contribution in [0.5, 0.6) is 0 Å². The molecule has 0 saturated heterocycles. The lowest BCUT2D eigenvalue weighted by molar-refractivity contribution is 0.652. The molecular formula is C72H37BrCl2N6O3. The standard InChI is InChI=1S/C28H15ClN2O.C22H11BrN2O.C22H11ClN2O/c29-18-6-3-5-17(14-18)24-15-30-27-26-23-11-10-20-19-7-2-1-4-16(19)8-9-21(20)22(23)12-13-25(26)32-28(27)31-24;2*23-19-11-24-21-20-17-8-7-14-13-4-2-1-3-12(13)5-6-15(14)16(17)9-10-18(20)26-22(21)25-19/h1-15H;2*1-11H. The third-order valence-corrected chi connectivity index (χ3v) is 17.1. The Morgan fingerprint density at radius 3 is 1.15 bits per heavy atom. The van der Waals surface area contributed by atoms with E-state index in [4.69, 9.17) is 46.4 Å². The van der Waals surface area contributed by atoms with Crippen molar-refractivity contribution in [3.63, 3.8) is 0 Å². The summed E-state index contributed by atoms with van der Waals surface area (Å²) in [5, 5.41) is 25.9. The number of fused-ring (bicyclic) bond motifs is 27. The third-order valence-electron chi connectivity index (χ3n) is 16.3. The summed E-state index contributed by atoms with van der Waals surface area (Å²) < 4.78 is 18.6. The number of rotatable bonds is 1. The number of nitrogens with zero attached hydrogens (tertiary/aromatic N) is 6. The fourth-order valence-corrected chi connectivity index (χ4v) is 13.1. The van der Waals surface area contributed by atoms with Gasteiger partial charge in [0.25, 0.3) is 0 Å². The monoisotopic (exact) mass is 1180 g/mol.